The average molecular weight is 298 g/mol. The van der Waals surface area contributed by atoms with Crippen LogP contribution in [0.15, 0.2) is 18.2 Å². The molecular formula is C19H35FO. The van der Waals surface area contributed by atoms with Crippen LogP contribution in [0.4, 0.5) is 4.39 Å². The van der Waals surface area contributed by atoms with Gasteiger partial charge in [-0.05, 0) is 39.3 Å². The van der Waals surface area contributed by atoms with Crippen molar-refractivity contribution >= 4 is 5.78 Å². The van der Waals surface area contributed by atoms with Gasteiger partial charge < -0.3 is 4.79 Å². The fourth-order valence-corrected chi connectivity index (χ4v) is 1.15. The lowest BCUT2D eigenvalue weighted by Gasteiger charge is -1.95. The van der Waals surface area contributed by atoms with Gasteiger partial charge in [-0.15, -0.1) is 0 Å². The van der Waals surface area contributed by atoms with Crippen LogP contribution in [0.1, 0.15) is 78.4 Å². The van der Waals surface area contributed by atoms with Crippen molar-refractivity contribution in [2.45, 2.75) is 81.1 Å². The summed E-state index contributed by atoms with van der Waals surface area (Å²) in [6, 6.07) is 5.09. The monoisotopic (exact) mass is 298 g/mol. The van der Waals surface area contributed by atoms with E-state index in [4.69, 9.17) is 0 Å². The van der Waals surface area contributed by atoms with Crippen LogP contribution in [0.5, 0.6) is 0 Å². The fourth-order valence-electron chi connectivity index (χ4n) is 1.15. The normalized spacial score (nSPS) is 8.24. The molecule has 0 aliphatic carbocycles. The second kappa shape index (κ2) is 18.8. The Morgan fingerprint density at radius 3 is 1.57 bits per heavy atom. The van der Waals surface area contributed by atoms with Crippen molar-refractivity contribution in [1.82, 2.24) is 0 Å². The van der Waals surface area contributed by atoms with Crippen molar-refractivity contribution in [2.75, 3.05) is 0 Å². The second-order valence-corrected chi connectivity index (χ2v) is 5.22. The lowest BCUT2D eigenvalue weighted by molar-refractivity contribution is -0.114. The van der Waals surface area contributed by atoms with Crippen molar-refractivity contribution in [1.29, 1.82) is 0 Å². The molecule has 0 fully saturated rings. The number of rotatable bonds is 2. The molecule has 0 N–H and O–H groups in total. The van der Waals surface area contributed by atoms with E-state index in [2.05, 4.69) is 27.7 Å². The Morgan fingerprint density at radius 1 is 1.00 bits per heavy atom. The van der Waals surface area contributed by atoms with Gasteiger partial charge in [0.1, 0.15) is 11.6 Å². The Kier molecular flexibility index (Phi) is 22.2. The molecule has 0 spiro atoms. The van der Waals surface area contributed by atoms with Crippen LogP contribution in [0, 0.1) is 19.7 Å². The molecule has 1 rings (SSSR count). The van der Waals surface area contributed by atoms with E-state index < -0.39 is 0 Å². The van der Waals surface area contributed by atoms with Crippen LogP contribution in [0.3, 0.4) is 0 Å². The Balaban J connectivity index is -0.000000232. The van der Waals surface area contributed by atoms with Gasteiger partial charge in [0.25, 0.3) is 0 Å². The first-order valence-electron chi connectivity index (χ1n) is 7.96. The SMILES string of the molecule is CC(C)=O.CCC.CCCCC.Cc1ccc(F)c(C)c1. The van der Waals surface area contributed by atoms with E-state index in [-0.39, 0.29) is 11.6 Å². The number of benzene rings is 1. The lowest BCUT2D eigenvalue weighted by atomic mass is 10.1. The Morgan fingerprint density at radius 2 is 1.38 bits per heavy atom. The summed E-state index contributed by atoms with van der Waals surface area (Å²) in [4.78, 5) is 9.44. The van der Waals surface area contributed by atoms with Gasteiger partial charge in [0.15, 0.2) is 0 Å². The zero-order valence-electron chi connectivity index (χ0n) is 15.3. The molecule has 0 aliphatic rings. The molecule has 0 aliphatic heterocycles. The van der Waals surface area contributed by atoms with Gasteiger partial charge in [-0.2, -0.15) is 0 Å². The Bertz CT molecular complexity index is 339. The molecule has 1 nitrogen and oxygen atoms in total. The average Bonchev–Trinajstić information content (AvgIpc) is 2.36. The van der Waals surface area contributed by atoms with Gasteiger partial charge >= 0.3 is 0 Å². The van der Waals surface area contributed by atoms with Crippen LogP contribution in [-0.2, 0) is 4.79 Å². The predicted octanol–water partition coefficient (Wildman–Crippen LogP) is 6.65. The summed E-state index contributed by atoms with van der Waals surface area (Å²) in [5.74, 6) is 0.0422. The molecule has 2 heteroatoms. The van der Waals surface area contributed by atoms with E-state index in [0.29, 0.717) is 0 Å². The van der Waals surface area contributed by atoms with Crippen LogP contribution in [0.2, 0.25) is 0 Å². The minimum absolute atomic E-state index is 0.124. The largest absolute Gasteiger partial charge is 0.300 e. The lowest BCUT2D eigenvalue weighted by Crippen LogP contribution is -1.81. The third kappa shape index (κ3) is 27.9. The van der Waals surface area contributed by atoms with E-state index >= 15 is 0 Å². The first kappa shape index (κ1) is 24.8. The maximum Gasteiger partial charge on any atom is 0.126 e. The van der Waals surface area contributed by atoms with E-state index in [1.165, 1.54) is 45.6 Å². The van der Waals surface area contributed by atoms with Gasteiger partial charge in [-0.3, -0.25) is 0 Å². The molecule has 21 heavy (non-hydrogen) atoms. The highest BCUT2D eigenvalue weighted by molar-refractivity contribution is 5.72. The van der Waals surface area contributed by atoms with Gasteiger partial charge in [0, 0.05) is 0 Å². The van der Waals surface area contributed by atoms with Crippen molar-refractivity contribution in [3.63, 3.8) is 0 Å². The highest BCUT2D eigenvalue weighted by atomic mass is 19.1. The number of hydrogen-bond acceptors (Lipinski definition) is 1. The predicted molar refractivity (Wildman–Crippen MR) is 93.4 cm³/mol. The van der Waals surface area contributed by atoms with E-state index in [1.807, 2.05) is 13.0 Å². The van der Waals surface area contributed by atoms with Gasteiger partial charge in [-0.1, -0.05) is 71.1 Å². The van der Waals surface area contributed by atoms with Crippen LogP contribution in [-0.4, -0.2) is 5.78 Å². The quantitative estimate of drug-likeness (QED) is 0.597. The summed E-state index contributed by atoms with van der Waals surface area (Å²) < 4.78 is 12.5. The van der Waals surface area contributed by atoms with E-state index in [0.717, 1.165) is 11.1 Å². The molecule has 0 amide bonds. The molecule has 1 aromatic carbocycles. The summed E-state index contributed by atoms with van der Waals surface area (Å²) in [7, 11) is 0. The maximum atomic E-state index is 12.5. The molecular weight excluding hydrogens is 263 g/mol. The number of hydrogen-bond donors (Lipinski definition) is 0. The standard InChI is InChI=1S/C8H9F.C5H12.C3H6O.C3H8/c1-6-3-4-8(9)7(2)5-6;1-3-5-4-2;1-3(2)4;1-3-2/h3-5H,1-2H3;3-5H2,1-2H3;1-2H3;3H2,1-2H3. The Labute approximate surface area is 132 Å². The first-order chi connectivity index (χ1) is 9.76. The summed E-state index contributed by atoms with van der Waals surface area (Å²) in [5, 5.41) is 0. The number of Topliss-reactive ketones (excluding diaryl/α,β-unsaturated/α-hetero) is 1. The second-order valence-electron chi connectivity index (χ2n) is 5.22. The third-order valence-electron chi connectivity index (χ3n) is 2.02. The van der Waals surface area contributed by atoms with Crippen LogP contribution >= 0.6 is 0 Å². The van der Waals surface area contributed by atoms with Gasteiger partial charge in [-0.25, -0.2) is 4.39 Å². The molecule has 0 saturated carbocycles. The third-order valence-corrected chi connectivity index (χ3v) is 2.02. The minimum atomic E-state index is -0.124. The maximum absolute atomic E-state index is 12.5. The van der Waals surface area contributed by atoms with Crippen molar-refractivity contribution in [2.24, 2.45) is 0 Å². The van der Waals surface area contributed by atoms with Gasteiger partial charge in [0.05, 0.1) is 0 Å². The number of halogens is 1. The zero-order valence-corrected chi connectivity index (χ0v) is 15.3. The van der Waals surface area contributed by atoms with Crippen molar-refractivity contribution in [3.8, 4) is 0 Å². The minimum Gasteiger partial charge on any atom is -0.300 e. The fraction of sp³-hybridized carbons (Fsp3) is 0.632. The van der Waals surface area contributed by atoms with Crippen LogP contribution in [0.25, 0.3) is 0 Å². The number of carbonyl (C=O) groups excluding carboxylic acids is 1. The zero-order chi connectivity index (χ0) is 17.3. The molecule has 0 heterocycles. The molecule has 0 unspecified atom stereocenters. The molecule has 0 bridgehead atoms. The highest BCUT2D eigenvalue weighted by Crippen LogP contribution is 2.06. The topological polar surface area (TPSA) is 17.1 Å². The van der Waals surface area contributed by atoms with E-state index in [1.54, 1.807) is 13.0 Å². The molecule has 1 aromatic rings. The molecule has 0 atom stereocenters. The summed E-state index contributed by atoms with van der Waals surface area (Å²) in [6.07, 6.45) is 5.33. The smallest absolute Gasteiger partial charge is 0.126 e. The number of unbranched alkanes of at least 4 members (excludes halogenated alkanes) is 2. The molecule has 0 radical (unpaired) electrons. The van der Waals surface area contributed by atoms with Crippen molar-refractivity contribution < 1.29 is 9.18 Å². The van der Waals surface area contributed by atoms with Crippen LogP contribution < -0.4 is 0 Å². The molecule has 0 saturated heterocycles. The highest BCUT2D eigenvalue weighted by Gasteiger charge is 1.93. The summed E-state index contributed by atoms with van der Waals surface area (Å²) >= 11 is 0. The molecule has 0 aromatic heterocycles. The van der Waals surface area contributed by atoms with Gasteiger partial charge in [0.2, 0.25) is 0 Å². The summed E-state index contributed by atoms with van der Waals surface area (Å²) in [5.41, 5.74) is 1.82. The number of ketones is 1. The summed E-state index contributed by atoms with van der Waals surface area (Å²) in [6.45, 7) is 15.4. The number of aryl methyl sites for hydroxylation is 2. The van der Waals surface area contributed by atoms with E-state index in [9.17, 15) is 9.18 Å². The number of carbonyl (C=O) groups is 1. The Hall–Kier alpha value is -1.18. The van der Waals surface area contributed by atoms with Crippen molar-refractivity contribution in [3.05, 3.63) is 35.1 Å². The molecule has 124 valence electrons. The first-order valence-corrected chi connectivity index (χ1v) is 7.96.